The topological polar surface area (TPSA) is 93.3 Å². The summed E-state index contributed by atoms with van der Waals surface area (Å²) in [5.74, 6) is 1.08. The maximum atomic E-state index is 12.7. The Bertz CT molecular complexity index is 1050. The number of rotatable bonds is 4. The number of fused-ring (bicyclic) bond motifs is 2. The molecule has 0 atom stereocenters. The average molecular weight is 435 g/mol. The summed E-state index contributed by atoms with van der Waals surface area (Å²) in [6.07, 6.45) is 6.71. The fraction of sp³-hybridized carbons (Fsp3) is 0.650. The number of carbonyl (C=O) groups is 1. The second-order valence-corrected chi connectivity index (χ2v) is 10.8. The van der Waals surface area contributed by atoms with Crippen LogP contribution in [0.4, 0.5) is 0 Å². The highest BCUT2D eigenvalue weighted by atomic mass is 32.2. The first-order valence-electron chi connectivity index (χ1n) is 10.4. The van der Waals surface area contributed by atoms with Crippen molar-refractivity contribution in [2.75, 3.05) is 25.4 Å². The van der Waals surface area contributed by atoms with Crippen molar-refractivity contribution in [3.05, 3.63) is 24.4 Å². The normalized spacial score (nSPS) is 19.4. The third kappa shape index (κ3) is 3.45. The highest BCUT2D eigenvalue weighted by Gasteiger charge is 2.49. The quantitative estimate of drug-likeness (QED) is 0.726. The molecule has 1 spiro atoms. The number of amides is 1. The molecule has 10 heteroatoms. The molecule has 1 amide bonds. The van der Waals surface area contributed by atoms with E-state index in [1.54, 1.807) is 15.9 Å². The molecule has 1 saturated heterocycles. The zero-order valence-electron chi connectivity index (χ0n) is 18.1. The molecule has 4 rings (SSSR count). The standard InChI is InChI=1S/C20H30N6O3S/c1-15(2)14-30(28,29)24-7-5-20(6-8-24)19-21-12-18(17-11-22-23(4)13-17)25(19)9-10-26(20)16(3)27/h11-13,15H,5-10,14H2,1-4H3. The summed E-state index contributed by atoms with van der Waals surface area (Å²) in [6.45, 7) is 7.46. The number of hydrogen-bond donors (Lipinski definition) is 0. The number of hydrogen-bond acceptors (Lipinski definition) is 5. The number of aryl methyl sites for hydroxylation is 1. The van der Waals surface area contributed by atoms with Gasteiger partial charge in [0.1, 0.15) is 11.4 Å². The van der Waals surface area contributed by atoms with Gasteiger partial charge in [-0.15, -0.1) is 0 Å². The molecule has 2 aromatic heterocycles. The SMILES string of the molecule is CC(=O)N1CCn2c(-c3cnn(C)c3)cnc2C12CCN(S(=O)(=O)CC(C)C)CC2. The number of aromatic nitrogens is 4. The molecule has 0 aliphatic carbocycles. The van der Waals surface area contributed by atoms with Crippen molar-refractivity contribution in [2.24, 2.45) is 13.0 Å². The lowest BCUT2D eigenvalue weighted by molar-refractivity contribution is -0.140. The molecule has 164 valence electrons. The largest absolute Gasteiger partial charge is 0.328 e. The zero-order chi connectivity index (χ0) is 21.7. The summed E-state index contributed by atoms with van der Waals surface area (Å²) in [7, 11) is -1.42. The van der Waals surface area contributed by atoms with E-state index in [9.17, 15) is 13.2 Å². The van der Waals surface area contributed by atoms with Crippen LogP contribution in [0, 0.1) is 5.92 Å². The predicted molar refractivity (Wildman–Crippen MR) is 113 cm³/mol. The van der Waals surface area contributed by atoms with E-state index in [0.717, 1.165) is 17.1 Å². The Balaban J connectivity index is 1.69. The van der Waals surface area contributed by atoms with Crippen LogP contribution in [-0.4, -0.2) is 68.2 Å². The average Bonchev–Trinajstić information content (AvgIpc) is 3.27. The number of sulfonamides is 1. The van der Waals surface area contributed by atoms with Gasteiger partial charge in [0.05, 0.1) is 23.8 Å². The Morgan fingerprint density at radius 2 is 1.87 bits per heavy atom. The van der Waals surface area contributed by atoms with Crippen LogP contribution >= 0.6 is 0 Å². The molecule has 2 aromatic rings. The summed E-state index contributed by atoms with van der Waals surface area (Å²) in [4.78, 5) is 19.2. The van der Waals surface area contributed by atoms with Crippen molar-refractivity contribution in [1.29, 1.82) is 0 Å². The van der Waals surface area contributed by atoms with Gasteiger partial charge in [-0.2, -0.15) is 5.10 Å². The van der Waals surface area contributed by atoms with E-state index >= 15 is 0 Å². The van der Waals surface area contributed by atoms with Gasteiger partial charge in [0.25, 0.3) is 0 Å². The molecule has 30 heavy (non-hydrogen) atoms. The third-order valence-electron chi connectivity index (χ3n) is 6.20. The minimum atomic E-state index is -3.30. The minimum absolute atomic E-state index is 0.00525. The maximum Gasteiger partial charge on any atom is 0.220 e. The van der Waals surface area contributed by atoms with E-state index in [1.807, 2.05) is 44.4 Å². The van der Waals surface area contributed by atoms with Crippen molar-refractivity contribution < 1.29 is 13.2 Å². The smallest absolute Gasteiger partial charge is 0.220 e. The van der Waals surface area contributed by atoms with Crippen LogP contribution in [0.15, 0.2) is 18.6 Å². The van der Waals surface area contributed by atoms with Crippen LogP contribution in [0.25, 0.3) is 11.3 Å². The van der Waals surface area contributed by atoms with Gasteiger partial charge in [-0.25, -0.2) is 17.7 Å². The van der Waals surface area contributed by atoms with E-state index in [0.29, 0.717) is 39.0 Å². The molecular formula is C20H30N6O3S. The third-order valence-corrected chi connectivity index (χ3v) is 8.44. The van der Waals surface area contributed by atoms with Crippen molar-refractivity contribution in [3.8, 4) is 11.3 Å². The molecule has 2 aliphatic rings. The monoisotopic (exact) mass is 434 g/mol. The van der Waals surface area contributed by atoms with Crippen LogP contribution in [-0.2, 0) is 33.9 Å². The Kier molecular flexibility index (Phi) is 5.26. The Hall–Kier alpha value is -2.20. The molecule has 2 aliphatic heterocycles. The molecule has 0 N–H and O–H groups in total. The lowest BCUT2D eigenvalue weighted by Crippen LogP contribution is -2.59. The van der Waals surface area contributed by atoms with Crippen molar-refractivity contribution >= 4 is 15.9 Å². The first kappa shape index (κ1) is 21.0. The Morgan fingerprint density at radius 1 is 1.17 bits per heavy atom. The van der Waals surface area contributed by atoms with Gasteiger partial charge in [0.2, 0.25) is 15.9 Å². The van der Waals surface area contributed by atoms with Gasteiger partial charge in [-0.05, 0) is 18.8 Å². The molecule has 0 aromatic carbocycles. The zero-order valence-corrected chi connectivity index (χ0v) is 18.9. The second-order valence-electron chi connectivity index (χ2n) is 8.80. The summed E-state index contributed by atoms with van der Waals surface area (Å²) in [5.41, 5.74) is 1.39. The number of carbonyl (C=O) groups excluding carboxylic acids is 1. The van der Waals surface area contributed by atoms with Gasteiger partial charge >= 0.3 is 0 Å². The summed E-state index contributed by atoms with van der Waals surface area (Å²) in [5, 5.41) is 4.27. The Morgan fingerprint density at radius 3 is 2.43 bits per heavy atom. The van der Waals surface area contributed by atoms with Gasteiger partial charge in [-0.3, -0.25) is 9.48 Å². The molecule has 0 radical (unpaired) electrons. The Labute approximate surface area is 177 Å². The maximum absolute atomic E-state index is 12.7. The van der Waals surface area contributed by atoms with Crippen LogP contribution in [0.5, 0.6) is 0 Å². The number of nitrogens with zero attached hydrogens (tertiary/aromatic N) is 6. The highest BCUT2D eigenvalue weighted by molar-refractivity contribution is 7.89. The van der Waals surface area contributed by atoms with Gasteiger partial charge in [0, 0.05) is 51.9 Å². The first-order chi connectivity index (χ1) is 14.1. The lowest BCUT2D eigenvalue weighted by Gasteiger charge is -2.50. The molecule has 4 heterocycles. The van der Waals surface area contributed by atoms with Crippen molar-refractivity contribution in [2.45, 2.75) is 45.7 Å². The summed E-state index contributed by atoms with van der Waals surface area (Å²) in [6, 6.07) is 0. The molecular weight excluding hydrogens is 404 g/mol. The van der Waals surface area contributed by atoms with Gasteiger partial charge in [-0.1, -0.05) is 13.8 Å². The van der Waals surface area contributed by atoms with Crippen LogP contribution in [0.2, 0.25) is 0 Å². The molecule has 0 unspecified atom stereocenters. The molecule has 1 fully saturated rings. The molecule has 0 saturated carbocycles. The lowest BCUT2D eigenvalue weighted by atomic mass is 9.83. The molecule has 0 bridgehead atoms. The van der Waals surface area contributed by atoms with Crippen LogP contribution in [0.1, 0.15) is 39.4 Å². The highest BCUT2D eigenvalue weighted by Crippen LogP contribution is 2.43. The summed E-state index contributed by atoms with van der Waals surface area (Å²) < 4.78 is 31.0. The van der Waals surface area contributed by atoms with E-state index in [-0.39, 0.29) is 17.6 Å². The fourth-order valence-electron chi connectivity index (χ4n) is 4.91. The van der Waals surface area contributed by atoms with Crippen molar-refractivity contribution in [3.63, 3.8) is 0 Å². The van der Waals surface area contributed by atoms with E-state index < -0.39 is 15.6 Å². The minimum Gasteiger partial charge on any atom is -0.328 e. The predicted octanol–water partition coefficient (Wildman–Crippen LogP) is 1.42. The van der Waals surface area contributed by atoms with Crippen LogP contribution < -0.4 is 0 Å². The molecule has 9 nitrogen and oxygen atoms in total. The number of piperidine rings is 1. The van der Waals surface area contributed by atoms with Gasteiger partial charge < -0.3 is 9.47 Å². The van der Waals surface area contributed by atoms with E-state index in [4.69, 9.17) is 4.98 Å². The number of imidazole rings is 1. The van der Waals surface area contributed by atoms with Gasteiger partial charge in [0.15, 0.2) is 0 Å². The second kappa shape index (κ2) is 7.49. The van der Waals surface area contributed by atoms with E-state index in [1.165, 1.54) is 0 Å². The van der Waals surface area contributed by atoms with Crippen LogP contribution in [0.3, 0.4) is 0 Å². The summed E-state index contributed by atoms with van der Waals surface area (Å²) >= 11 is 0. The van der Waals surface area contributed by atoms with E-state index in [2.05, 4.69) is 9.67 Å². The van der Waals surface area contributed by atoms with Crippen molar-refractivity contribution in [1.82, 2.24) is 28.5 Å². The fourth-order valence-corrected chi connectivity index (χ4v) is 6.70. The first-order valence-corrected chi connectivity index (χ1v) is 12.1.